The molecule has 3 heterocycles. The van der Waals surface area contributed by atoms with Crippen LogP contribution in [-0.2, 0) is 23.7 Å². The van der Waals surface area contributed by atoms with E-state index in [0.717, 1.165) is 5.56 Å². The van der Waals surface area contributed by atoms with Crippen molar-refractivity contribution in [2.24, 2.45) is 0 Å². The van der Waals surface area contributed by atoms with Crippen LogP contribution in [0.25, 0.3) is 0 Å². The standard InChI is InChI=1S/C18H22O6/c1-11(9-19)18-10-20-15(12-7-5-4-6-8-12)21-14(18)13-16(24-18)23-17(2,3)22-13/h4-8,13-16,19H,1,9-10H2,2-3H3/t13-,14-,15?,16+,18+/m1/s1. The van der Waals surface area contributed by atoms with Crippen LogP contribution in [0.3, 0.4) is 0 Å². The molecule has 0 aromatic heterocycles. The molecule has 0 aliphatic carbocycles. The molecule has 3 aliphatic heterocycles. The molecule has 24 heavy (non-hydrogen) atoms. The summed E-state index contributed by atoms with van der Waals surface area (Å²) in [7, 11) is 0. The minimum Gasteiger partial charge on any atom is -0.392 e. The predicted molar refractivity (Wildman–Crippen MR) is 83.9 cm³/mol. The summed E-state index contributed by atoms with van der Waals surface area (Å²) in [6.07, 6.45) is -1.97. The number of ether oxygens (including phenoxy) is 5. The Labute approximate surface area is 140 Å². The third-order valence-corrected chi connectivity index (χ3v) is 4.75. The van der Waals surface area contributed by atoms with Gasteiger partial charge in [0.1, 0.15) is 17.8 Å². The van der Waals surface area contributed by atoms with E-state index >= 15 is 0 Å². The molecule has 1 N–H and O–H groups in total. The van der Waals surface area contributed by atoms with Crippen molar-refractivity contribution in [3.63, 3.8) is 0 Å². The number of hydrogen-bond donors (Lipinski definition) is 1. The zero-order valence-electron chi connectivity index (χ0n) is 13.8. The number of fused-ring (bicyclic) bond motifs is 3. The van der Waals surface area contributed by atoms with Gasteiger partial charge in [-0.2, -0.15) is 0 Å². The van der Waals surface area contributed by atoms with Gasteiger partial charge >= 0.3 is 0 Å². The van der Waals surface area contributed by atoms with Crippen LogP contribution in [0.1, 0.15) is 25.7 Å². The Morgan fingerprint density at radius 2 is 1.96 bits per heavy atom. The lowest BCUT2D eigenvalue weighted by atomic mass is 9.87. The highest BCUT2D eigenvalue weighted by Gasteiger charge is 2.65. The second-order valence-electron chi connectivity index (χ2n) is 6.85. The first-order valence-corrected chi connectivity index (χ1v) is 8.10. The van der Waals surface area contributed by atoms with Crippen molar-refractivity contribution in [1.82, 2.24) is 0 Å². The van der Waals surface area contributed by atoms with Gasteiger partial charge in [0.15, 0.2) is 18.4 Å². The topological polar surface area (TPSA) is 66.4 Å². The first-order chi connectivity index (χ1) is 11.5. The summed E-state index contributed by atoms with van der Waals surface area (Å²) in [5.41, 5.74) is 0.451. The van der Waals surface area contributed by atoms with Gasteiger partial charge in [-0.3, -0.25) is 0 Å². The van der Waals surface area contributed by atoms with E-state index in [4.69, 9.17) is 23.7 Å². The summed E-state index contributed by atoms with van der Waals surface area (Å²) in [4.78, 5) is 0. The molecule has 0 bridgehead atoms. The molecular formula is C18H22O6. The highest BCUT2D eigenvalue weighted by molar-refractivity contribution is 5.25. The molecule has 1 aromatic rings. The van der Waals surface area contributed by atoms with E-state index in [1.807, 2.05) is 44.2 Å². The summed E-state index contributed by atoms with van der Waals surface area (Å²) in [6, 6.07) is 9.70. The van der Waals surface area contributed by atoms with Gasteiger partial charge in [-0.1, -0.05) is 36.9 Å². The fourth-order valence-corrected chi connectivity index (χ4v) is 3.57. The van der Waals surface area contributed by atoms with Gasteiger partial charge in [-0.15, -0.1) is 0 Å². The number of aliphatic hydroxyl groups excluding tert-OH is 1. The number of benzene rings is 1. The fourth-order valence-electron chi connectivity index (χ4n) is 3.57. The van der Waals surface area contributed by atoms with Gasteiger partial charge in [-0.25, -0.2) is 0 Å². The first-order valence-electron chi connectivity index (χ1n) is 8.10. The molecule has 0 radical (unpaired) electrons. The van der Waals surface area contributed by atoms with Crippen LogP contribution >= 0.6 is 0 Å². The van der Waals surface area contributed by atoms with Crippen molar-refractivity contribution >= 4 is 0 Å². The van der Waals surface area contributed by atoms with Gasteiger partial charge in [0.25, 0.3) is 0 Å². The zero-order chi connectivity index (χ0) is 16.9. The Morgan fingerprint density at radius 3 is 2.67 bits per heavy atom. The Balaban J connectivity index is 1.65. The first kappa shape index (κ1) is 16.2. The molecule has 1 unspecified atom stereocenters. The van der Waals surface area contributed by atoms with E-state index in [2.05, 4.69) is 6.58 Å². The summed E-state index contributed by atoms with van der Waals surface area (Å²) >= 11 is 0. The van der Waals surface area contributed by atoms with E-state index < -0.39 is 36.2 Å². The maximum atomic E-state index is 9.61. The van der Waals surface area contributed by atoms with E-state index in [1.54, 1.807) is 0 Å². The van der Waals surface area contributed by atoms with Crippen molar-refractivity contribution in [2.75, 3.05) is 13.2 Å². The Kier molecular flexibility index (Phi) is 3.80. The van der Waals surface area contributed by atoms with Crippen LogP contribution in [0.15, 0.2) is 42.5 Å². The smallest absolute Gasteiger partial charge is 0.191 e. The minimum absolute atomic E-state index is 0.219. The second-order valence-corrected chi connectivity index (χ2v) is 6.85. The lowest BCUT2D eigenvalue weighted by Gasteiger charge is -2.43. The van der Waals surface area contributed by atoms with E-state index in [-0.39, 0.29) is 13.2 Å². The van der Waals surface area contributed by atoms with E-state index in [0.29, 0.717) is 5.57 Å². The third kappa shape index (κ3) is 2.42. The normalized spacial score (nSPS) is 40.1. The quantitative estimate of drug-likeness (QED) is 0.852. The lowest BCUT2D eigenvalue weighted by Crippen LogP contribution is -2.55. The molecule has 6 heteroatoms. The lowest BCUT2D eigenvalue weighted by molar-refractivity contribution is -0.310. The van der Waals surface area contributed by atoms with Gasteiger partial charge in [0, 0.05) is 5.56 Å². The SMILES string of the molecule is C=C(CO)[C@@]12COC(c3ccccc3)O[C@@H]1[C@H]1OC(C)(C)O[C@H]1O2. The van der Waals surface area contributed by atoms with Gasteiger partial charge in [0.05, 0.1) is 13.2 Å². The average molecular weight is 334 g/mol. The third-order valence-electron chi connectivity index (χ3n) is 4.75. The minimum atomic E-state index is -0.966. The molecule has 0 spiro atoms. The Hall–Kier alpha value is -1.28. The molecule has 4 rings (SSSR count). The Bertz CT molecular complexity index is 630. The van der Waals surface area contributed by atoms with Crippen LogP contribution in [-0.4, -0.2) is 48.2 Å². The van der Waals surface area contributed by atoms with Gasteiger partial charge < -0.3 is 28.8 Å². The molecular weight excluding hydrogens is 312 g/mol. The second kappa shape index (κ2) is 5.62. The highest BCUT2D eigenvalue weighted by atomic mass is 16.9. The summed E-state index contributed by atoms with van der Waals surface area (Å²) < 4.78 is 30.0. The van der Waals surface area contributed by atoms with Gasteiger partial charge in [0.2, 0.25) is 0 Å². The van der Waals surface area contributed by atoms with Crippen LogP contribution in [0.5, 0.6) is 0 Å². The van der Waals surface area contributed by atoms with E-state index in [9.17, 15) is 5.11 Å². The van der Waals surface area contributed by atoms with Crippen molar-refractivity contribution < 1.29 is 28.8 Å². The zero-order valence-corrected chi connectivity index (χ0v) is 13.8. The molecule has 3 aliphatic rings. The van der Waals surface area contributed by atoms with Crippen LogP contribution in [0.4, 0.5) is 0 Å². The number of rotatable bonds is 3. The summed E-state index contributed by atoms with van der Waals surface area (Å²) in [5.74, 6) is -0.744. The summed E-state index contributed by atoms with van der Waals surface area (Å²) in [5, 5.41) is 9.61. The van der Waals surface area contributed by atoms with Crippen molar-refractivity contribution in [1.29, 1.82) is 0 Å². The molecule has 6 nitrogen and oxygen atoms in total. The molecule has 3 fully saturated rings. The van der Waals surface area contributed by atoms with E-state index in [1.165, 1.54) is 0 Å². The van der Waals surface area contributed by atoms with Crippen molar-refractivity contribution in [3.8, 4) is 0 Å². The molecule has 0 saturated carbocycles. The fraction of sp³-hybridized carbons (Fsp3) is 0.556. The maximum absolute atomic E-state index is 9.61. The average Bonchev–Trinajstić information content (AvgIpc) is 3.04. The molecule has 1 aromatic carbocycles. The van der Waals surface area contributed by atoms with Crippen molar-refractivity contribution in [3.05, 3.63) is 48.0 Å². The molecule has 3 saturated heterocycles. The number of aliphatic hydroxyl groups is 1. The predicted octanol–water partition coefficient (Wildman–Crippen LogP) is 1.90. The maximum Gasteiger partial charge on any atom is 0.191 e. The Morgan fingerprint density at radius 1 is 1.21 bits per heavy atom. The van der Waals surface area contributed by atoms with Crippen molar-refractivity contribution in [2.45, 2.75) is 50.0 Å². The van der Waals surface area contributed by atoms with Crippen LogP contribution < -0.4 is 0 Å². The molecule has 5 atom stereocenters. The highest BCUT2D eigenvalue weighted by Crippen LogP contribution is 2.50. The van der Waals surface area contributed by atoms with Gasteiger partial charge in [-0.05, 0) is 19.4 Å². The largest absolute Gasteiger partial charge is 0.392 e. The summed E-state index contributed by atoms with van der Waals surface area (Å²) in [6.45, 7) is 7.62. The van der Waals surface area contributed by atoms with Crippen LogP contribution in [0, 0.1) is 0 Å². The molecule has 0 amide bonds. The van der Waals surface area contributed by atoms with Crippen LogP contribution in [0.2, 0.25) is 0 Å². The number of hydrogen-bond acceptors (Lipinski definition) is 6. The monoisotopic (exact) mass is 334 g/mol. The molecule has 130 valence electrons.